The van der Waals surface area contributed by atoms with Gasteiger partial charge in [-0.2, -0.15) is 0 Å². The van der Waals surface area contributed by atoms with Crippen LogP contribution < -0.4 is 10.6 Å². The molecule has 2 heterocycles. The number of anilines is 2. The highest BCUT2D eigenvalue weighted by Crippen LogP contribution is 2.31. The molecular weight excluding hydrogens is 408 g/mol. The first kappa shape index (κ1) is 21.7. The highest BCUT2D eigenvalue weighted by Gasteiger charge is 2.25. The van der Waals surface area contributed by atoms with Crippen LogP contribution in [0.5, 0.6) is 0 Å². The van der Waals surface area contributed by atoms with Gasteiger partial charge in [0, 0.05) is 47.7 Å². The van der Waals surface area contributed by atoms with E-state index in [0.717, 1.165) is 53.5 Å². The minimum absolute atomic E-state index is 0.0267. The average molecular weight is 441 g/mol. The number of para-hydroxylation sites is 1. The summed E-state index contributed by atoms with van der Waals surface area (Å²) >= 11 is 0. The SMILES string of the molecule is Cc1cc(Nc2cccc(C(=O)NCCN3CCC4CCCC=C4C3)c2)c2ccccc2n1. The highest BCUT2D eigenvalue weighted by atomic mass is 16.1. The average Bonchev–Trinajstić information content (AvgIpc) is 2.84. The number of nitrogens with one attached hydrogen (secondary N) is 2. The minimum Gasteiger partial charge on any atom is -0.355 e. The Balaban J connectivity index is 1.20. The van der Waals surface area contributed by atoms with Crippen molar-refractivity contribution in [2.75, 3.05) is 31.5 Å². The molecule has 5 nitrogen and oxygen atoms in total. The molecule has 1 aliphatic carbocycles. The van der Waals surface area contributed by atoms with E-state index in [2.05, 4.69) is 32.7 Å². The zero-order chi connectivity index (χ0) is 22.6. The normalized spacial score (nSPS) is 18.5. The van der Waals surface area contributed by atoms with Crippen molar-refractivity contribution >= 4 is 28.2 Å². The Morgan fingerprint density at radius 1 is 1.12 bits per heavy atom. The van der Waals surface area contributed by atoms with Crippen LogP contribution >= 0.6 is 0 Å². The molecule has 1 aliphatic heterocycles. The Hall–Kier alpha value is -3.18. The lowest BCUT2D eigenvalue weighted by atomic mass is 9.82. The number of nitrogens with zero attached hydrogens (tertiary/aromatic N) is 2. The second-order valence-electron chi connectivity index (χ2n) is 9.26. The fourth-order valence-corrected chi connectivity index (χ4v) is 5.13. The second kappa shape index (κ2) is 9.75. The van der Waals surface area contributed by atoms with E-state index in [4.69, 9.17) is 0 Å². The molecule has 33 heavy (non-hydrogen) atoms. The van der Waals surface area contributed by atoms with Crippen LogP contribution in [0.25, 0.3) is 10.9 Å². The Morgan fingerprint density at radius 2 is 2.03 bits per heavy atom. The van der Waals surface area contributed by atoms with Crippen LogP contribution in [-0.4, -0.2) is 42.0 Å². The standard InChI is InChI=1S/C28H32N4O/c1-20-17-27(25-11-4-5-12-26(25)30-20)31-24-10-6-9-22(18-24)28(33)29-14-16-32-15-13-21-7-2-3-8-23(21)19-32/h4-6,8-12,17-18,21H,2-3,7,13-16,19H2,1H3,(H,29,33)(H,30,31). The van der Waals surface area contributed by atoms with Gasteiger partial charge in [0.1, 0.15) is 0 Å². The van der Waals surface area contributed by atoms with E-state index in [1.165, 1.54) is 25.7 Å². The maximum absolute atomic E-state index is 12.8. The van der Waals surface area contributed by atoms with E-state index >= 15 is 0 Å². The van der Waals surface area contributed by atoms with Gasteiger partial charge < -0.3 is 10.6 Å². The molecule has 0 radical (unpaired) electrons. The number of allylic oxidation sites excluding steroid dienone is 1. The number of amides is 1. The van der Waals surface area contributed by atoms with Gasteiger partial charge in [0.25, 0.3) is 5.91 Å². The van der Waals surface area contributed by atoms with Gasteiger partial charge in [0.2, 0.25) is 0 Å². The Kier molecular flexibility index (Phi) is 6.40. The zero-order valence-electron chi connectivity index (χ0n) is 19.3. The summed E-state index contributed by atoms with van der Waals surface area (Å²) in [6.45, 7) is 5.77. The van der Waals surface area contributed by atoms with Crippen molar-refractivity contribution in [3.05, 3.63) is 77.5 Å². The van der Waals surface area contributed by atoms with Gasteiger partial charge in [-0.15, -0.1) is 0 Å². The van der Waals surface area contributed by atoms with E-state index in [1.807, 2.05) is 55.5 Å². The zero-order valence-corrected chi connectivity index (χ0v) is 19.3. The summed E-state index contributed by atoms with van der Waals surface area (Å²) in [5, 5.41) is 7.66. The number of fused-ring (bicyclic) bond motifs is 2. The number of carbonyl (C=O) groups excluding carboxylic acids is 1. The molecule has 0 bridgehead atoms. The van der Waals surface area contributed by atoms with E-state index in [1.54, 1.807) is 5.57 Å². The van der Waals surface area contributed by atoms with Crippen molar-refractivity contribution in [3.63, 3.8) is 0 Å². The van der Waals surface area contributed by atoms with Crippen LogP contribution in [-0.2, 0) is 0 Å². The van der Waals surface area contributed by atoms with Crippen molar-refractivity contribution in [3.8, 4) is 0 Å². The van der Waals surface area contributed by atoms with Gasteiger partial charge in [-0.1, -0.05) is 35.9 Å². The molecule has 5 rings (SSSR count). The third-order valence-corrected chi connectivity index (χ3v) is 6.85. The number of hydrogen-bond donors (Lipinski definition) is 2. The summed E-state index contributed by atoms with van der Waals surface area (Å²) in [5.74, 6) is 0.780. The van der Waals surface area contributed by atoms with Crippen molar-refractivity contribution < 1.29 is 4.79 Å². The van der Waals surface area contributed by atoms with Crippen molar-refractivity contribution in [1.29, 1.82) is 0 Å². The summed E-state index contributed by atoms with van der Waals surface area (Å²) in [6, 6.07) is 17.8. The van der Waals surface area contributed by atoms with Gasteiger partial charge in [0.15, 0.2) is 0 Å². The molecule has 1 amide bonds. The molecule has 2 N–H and O–H groups in total. The maximum Gasteiger partial charge on any atom is 0.251 e. The van der Waals surface area contributed by atoms with Crippen LogP contribution in [0.2, 0.25) is 0 Å². The maximum atomic E-state index is 12.8. The first-order chi connectivity index (χ1) is 16.2. The quantitative estimate of drug-likeness (QED) is 0.501. The van der Waals surface area contributed by atoms with Crippen molar-refractivity contribution in [1.82, 2.24) is 15.2 Å². The number of piperidine rings is 1. The van der Waals surface area contributed by atoms with Crippen LogP contribution in [0.4, 0.5) is 11.4 Å². The van der Waals surface area contributed by atoms with E-state index in [-0.39, 0.29) is 5.91 Å². The number of benzene rings is 2. The largest absolute Gasteiger partial charge is 0.355 e. The smallest absolute Gasteiger partial charge is 0.251 e. The molecule has 3 aromatic rings. The lowest BCUT2D eigenvalue weighted by molar-refractivity contribution is 0.0947. The third kappa shape index (κ3) is 5.09. The second-order valence-corrected chi connectivity index (χ2v) is 9.26. The number of pyridine rings is 1. The molecule has 170 valence electrons. The van der Waals surface area contributed by atoms with E-state index < -0.39 is 0 Å². The van der Waals surface area contributed by atoms with E-state index in [9.17, 15) is 4.79 Å². The van der Waals surface area contributed by atoms with Gasteiger partial charge in [0.05, 0.1) is 5.52 Å². The lowest BCUT2D eigenvalue weighted by Crippen LogP contribution is -2.41. The number of rotatable bonds is 6. The Labute approximate surface area is 195 Å². The number of likely N-dealkylation sites (tertiary alicyclic amines) is 1. The van der Waals surface area contributed by atoms with Crippen molar-refractivity contribution in [2.24, 2.45) is 5.92 Å². The fourth-order valence-electron chi connectivity index (χ4n) is 5.13. The molecule has 5 heteroatoms. The van der Waals surface area contributed by atoms with Crippen LogP contribution in [0.3, 0.4) is 0 Å². The van der Waals surface area contributed by atoms with Gasteiger partial charge in [-0.05, 0) is 75.4 Å². The predicted molar refractivity (Wildman–Crippen MR) is 135 cm³/mol. The first-order valence-electron chi connectivity index (χ1n) is 12.1. The molecule has 1 atom stereocenters. The van der Waals surface area contributed by atoms with Gasteiger partial charge in [-0.3, -0.25) is 14.7 Å². The molecular formula is C28H32N4O. The van der Waals surface area contributed by atoms with Gasteiger partial charge in [-0.25, -0.2) is 0 Å². The fraction of sp³-hybridized carbons (Fsp3) is 0.357. The highest BCUT2D eigenvalue weighted by molar-refractivity contribution is 5.96. The van der Waals surface area contributed by atoms with Crippen molar-refractivity contribution in [2.45, 2.75) is 32.6 Å². The lowest BCUT2D eigenvalue weighted by Gasteiger charge is -2.36. The molecule has 1 saturated heterocycles. The van der Waals surface area contributed by atoms with Crippen LogP contribution in [0.15, 0.2) is 66.2 Å². The number of aryl methyl sites for hydroxylation is 1. The third-order valence-electron chi connectivity index (χ3n) is 6.85. The summed E-state index contributed by atoms with van der Waals surface area (Å²) in [6.07, 6.45) is 7.64. The van der Waals surface area contributed by atoms with Crippen LogP contribution in [0, 0.1) is 12.8 Å². The molecule has 0 saturated carbocycles. The molecule has 2 aromatic carbocycles. The number of carbonyl (C=O) groups is 1. The molecule has 1 fully saturated rings. The molecule has 1 aromatic heterocycles. The monoisotopic (exact) mass is 440 g/mol. The summed E-state index contributed by atoms with van der Waals surface area (Å²) in [7, 11) is 0. The summed E-state index contributed by atoms with van der Waals surface area (Å²) in [5.41, 5.74) is 6.10. The molecule has 2 aliphatic rings. The first-order valence-corrected chi connectivity index (χ1v) is 12.1. The molecule has 0 spiro atoms. The Morgan fingerprint density at radius 3 is 2.97 bits per heavy atom. The summed E-state index contributed by atoms with van der Waals surface area (Å²) < 4.78 is 0. The van der Waals surface area contributed by atoms with E-state index in [0.29, 0.717) is 12.1 Å². The predicted octanol–water partition coefficient (Wildman–Crippen LogP) is 5.45. The Bertz CT molecular complexity index is 1190. The topological polar surface area (TPSA) is 57.3 Å². The number of hydrogen-bond acceptors (Lipinski definition) is 4. The van der Waals surface area contributed by atoms with Gasteiger partial charge >= 0.3 is 0 Å². The van der Waals surface area contributed by atoms with Crippen LogP contribution in [0.1, 0.15) is 41.7 Å². The molecule has 1 unspecified atom stereocenters. The number of aromatic nitrogens is 1. The summed E-state index contributed by atoms with van der Waals surface area (Å²) in [4.78, 5) is 19.9. The minimum atomic E-state index is -0.0267.